The van der Waals surface area contributed by atoms with Crippen molar-refractivity contribution in [2.45, 2.75) is 19.3 Å². The fraction of sp³-hybridized carbons (Fsp3) is 0.0526. The van der Waals surface area contributed by atoms with Crippen LogP contribution in [-0.2, 0) is 5.41 Å². The molecule has 0 aliphatic heterocycles. The van der Waals surface area contributed by atoms with Gasteiger partial charge in [-0.3, -0.25) is 0 Å². The Morgan fingerprint density at radius 3 is 1.45 bits per heavy atom. The first-order valence-electron chi connectivity index (χ1n) is 20.7. The van der Waals surface area contributed by atoms with E-state index < -0.39 is 0 Å². The monoisotopic (exact) mass is 786 g/mol. The molecule has 0 atom stereocenters. The minimum absolute atomic E-state index is 0.109. The van der Waals surface area contributed by atoms with E-state index in [0.717, 1.165) is 34.1 Å². The summed E-state index contributed by atoms with van der Waals surface area (Å²) in [7, 11) is 0. The van der Waals surface area contributed by atoms with E-state index >= 15 is 0 Å². The second-order valence-electron chi connectivity index (χ2n) is 16.2. The van der Waals surface area contributed by atoms with Crippen LogP contribution in [0, 0.1) is 0 Å². The van der Waals surface area contributed by atoms with Gasteiger partial charge in [-0.25, -0.2) is 0 Å². The summed E-state index contributed by atoms with van der Waals surface area (Å²) in [6.07, 6.45) is 0. The maximum atomic E-state index is 2.41. The van der Waals surface area contributed by atoms with E-state index in [1.165, 1.54) is 64.7 Å². The van der Waals surface area contributed by atoms with Crippen LogP contribution in [0.25, 0.3) is 53.6 Å². The summed E-state index contributed by atoms with van der Waals surface area (Å²) in [5.41, 5.74) is 16.9. The van der Waals surface area contributed by atoms with Crippen LogP contribution in [0.2, 0.25) is 0 Å². The van der Waals surface area contributed by atoms with Gasteiger partial charge in [0.2, 0.25) is 0 Å². The van der Waals surface area contributed by atoms with Crippen LogP contribution in [-0.4, -0.2) is 0 Å². The first kappa shape index (κ1) is 35.9. The number of benzene rings is 9. The lowest BCUT2D eigenvalue weighted by atomic mass is 9.82. The standard InChI is InChI=1S/C57H42N2S/c1-57(2)53-22-11-9-18-49(53)50-37-36-47(38-54(50)57)59(46-34-32-45(33-35-46)58(42-14-5-3-6-15-42)43-16-7-4-8-17-43)44-30-28-40(29-31-44)39-24-26-41(27-25-39)48-20-13-21-52-51-19-10-12-23-55(51)60-56(48)52/h3-38H,1-2H3. The van der Waals surface area contributed by atoms with Crippen molar-refractivity contribution in [3.8, 4) is 33.4 Å². The van der Waals surface area contributed by atoms with E-state index in [2.05, 4.69) is 242 Å². The molecule has 1 heterocycles. The van der Waals surface area contributed by atoms with Crippen molar-refractivity contribution in [2.24, 2.45) is 0 Å². The minimum atomic E-state index is -0.109. The van der Waals surface area contributed by atoms with Crippen LogP contribution < -0.4 is 9.80 Å². The van der Waals surface area contributed by atoms with E-state index in [-0.39, 0.29) is 5.41 Å². The molecule has 0 unspecified atom stereocenters. The topological polar surface area (TPSA) is 6.48 Å². The molecule has 0 spiro atoms. The van der Waals surface area contributed by atoms with Crippen LogP contribution in [0.5, 0.6) is 0 Å². The molecule has 9 aromatic carbocycles. The highest BCUT2D eigenvalue weighted by Gasteiger charge is 2.35. The summed E-state index contributed by atoms with van der Waals surface area (Å²) in [6.45, 7) is 4.71. The highest BCUT2D eigenvalue weighted by Crippen LogP contribution is 2.51. The van der Waals surface area contributed by atoms with Gasteiger partial charge in [0.15, 0.2) is 0 Å². The van der Waals surface area contributed by atoms with Gasteiger partial charge < -0.3 is 9.80 Å². The Balaban J connectivity index is 0.966. The molecule has 0 saturated carbocycles. The van der Waals surface area contributed by atoms with Crippen LogP contribution in [0.15, 0.2) is 218 Å². The lowest BCUT2D eigenvalue weighted by molar-refractivity contribution is 0.660. The normalized spacial score (nSPS) is 12.6. The molecular weight excluding hydrogens is 745 g/mol. The van der Waals surface area contributed by atoms with Crippen molar-refractivity contribution in [3.05, 3.63) is 230 Å². The fourth-order valence-electron chi connectivity index (χ4n) is 9.25. The molecule has 0 saturated heterocycles. The fourth-order valence-corrected chi connectivity index (χ4v) is 10.5. The van der Waals surface area contributed by atoms with Gasteiger partial charge in [-0.2, -0.15) is 0 Å². The largest absolute Gasteiger partial charge is 0.311 e. The van der Waals surface area contributed by atoms with E-state index in [1.54, 1.807) is 0 Å². The smallest absolute Gasteiger partial charge is 0.0465 e. The Morgan fingerprint density at radius 2 is 0.783 bits per heavy atom. The summed E-state index contributed by atoms with van der Waals surface area (Å²) >= 11 is 1.88. The minimum Gasteiger partial charge on any atom is -0.311 e. The summed E-state index contributed by atoms with van der Waals surface area (Å²) in [5.74, 6) is 0. The third-order valence-corrected chi connectivity index (χ3v) is 13.5. The number of hydrogen-bond acceptors (Lipinski definition) is 3. The van der Waals surface area contributed by atoms with Crippen molar-refractivity contribution in [1.82, 2.24) is 0 Å². The molecule has 3 heteroatoms. The molecule has 0 fully saturated rings. The predicted octanol–water partition coefficient (Wildman–Crippen LogP) is 16.6. The zero-order chi connectivity index (χ0) is 40.2. The molecule has 10 aromatic rings. The number of rotatable bonds is 8. The maximum Gasteiger partial charge on any atom is 0.0465 e. The zero-order valence-corrected chi connectivity index (χ0v) is 34.4. The molecule has 0 radical (unpaired) electrons. The third-order valence-electron chi connectivity index (χ3n) is 12.3. The molecule has 60 heavy (non-hydrogen) atoms. The van der Waals surface area contributed by atoms with Gasteiger partial charge in [0.25, 0.3) is 0 Å². The lowest BCUT2D eigenvalue weighted by Gasteiger charge is -2.29. The molecule has 11 rings (SSSR count). The van der Waals surface area contributed by atoms with Gasteiger partial charge in [-0.15, -0.1) is 11.3 Å². The number of hydrogen-bond donors (Lipinski definition) is 0. The van der Waals surface area contributed by atoms with Crippen molar-refractivity contribution in [3.63, 3.8) is 0 Å². The highest BCUT2D eigenvalue weighted by molar-refractivity contribution is 7.26. The average Bonchev–Trinajstić information content (AvgIpc) is 3.80. The van der Waals surface area contributed by atoms with Crippen LogP contribution in [0.1, 0.15) is 25.0 Å². The van der Waals surface area contributed by atoms with Crippen LogP contribution >= 0.6 is 11.3 Å². The van der Waals surface area contributed by atoms with Crippen LogP contribution in [0.3, 0.4) is 0 Å². The first-order valence-corrected chi connectivity index (χ1v) is 21.5. The SMILES string of the molecule is CC1(C)c2ccccc2-c2ccc(N(c3ccc(-c4ccc(-c5cccc6c5sc5ccccc56)cc4)cc3)c3ccc(N(c4ccccc4)c4ccccc4)cc3)cc21. The molecule has 0 N–H and O–H groups in total. The second kappa shape index (κ2) is 14.6. The Bertz CT molecular complexity index is 3110. The van der Waals surface area contributed by atoms with Crippen molar-refractivity contribution in [1.29, 1.82) is 0 Å². The number of para-hydroxylation sites is 2. The van der Waals surface area contributed by atoms with Crippen molar-refractivity contribution >= 4 is 65.6 Å². The van der Waals surface area contributed by atoms with Gasteiger partial charge in [0, 0.05) is 59.7 Å². The number of thiophene rings is 1. The predicted molar refractivity (Wildman–Crippen MR) is 257 cm³/mol. The summed E-state index contributed by atoms with van der Waals surface area (Å²) in [4.78, 5) is 4.71. The van der Waals surface area contributed by atoms with Gasteiger partial charge in [0.1, 0.15) is 0 Å². The molecule has 2 nitrogen and oxygen atoms in total. The van der Waals surface area contributed by atoms with E-state index in [9.17, 15) is 0 Å². The maximum absolute atomic E-state index is 2.41. The van der Waals surface area contributed by atoms with E-state index in [1.807, 2.05) is 11.3 Å². The molecule has 1 aliphatic carbocycles. The molecular formula is C57H42N2S. The number of nitrogens with zero attached hydrogens (tertiary/aromatic N) is 2. The Labute approximate surface area is 355 Å². The van der Waals surface area contributed by atoms with Gasteiger partial charge >= 0.3 is 0 Å². The number of fused-ring (bicyclic) bond motifs is 6. The molecule has 1 aliphatic rings. The Morgan fingerprint density at radius 1 is 0.333 bits per heavy atom. The second-order valence-corrected chi connectivity index (χ2v) is 17.2. The number of anilines is 6. The van der Waals surface area contributed by atoms with Crippen molar-refractivity contribution in [2.75, 3.05) is 9.80 Å². The molecule has 0 bridgehead atoms. The summed E-state index contributed by atoms with van der Waals surface area (Å²) < 4.78 is 2.67. The summed E-state index contributed by atoms with van der Waals surface area (Å²) in [6, 6.07) is 79.6. The van der Waals surface area contributed by atoms with Crippen LogP contribution in [0.4, 0.5) is 34.1 Å². The van der Waals surface area contributed by atoms with E-state index in [4.69, 9.17) is 0 Å². The average molecular weight is 787 g/mol. The molecule has 0 amide bonds. The Kier molecular flexibility index (Phi) is 8.72. The summed E-state index contributed by atoms with van der Waals surface area (Å²) in [5, 5.41) is 2.66. The molecule has 1 aromatic heterocycles. The van der Waals surface area contributed by atoms with E-state index in [0.29, 0.717) is 0 Å². The van der Waals surface area contributed by atoms with Gasteiger partial charge in [0.05, 0.1) is 0 Å². The van der Waals surface area contributed by atoms with Gasteiger partial charge in [-0.1, -0.05) is 153 Å². The lowest BCUT2D eigenvalue weighted by Crippen LogP contribution is -2.16. The first-order chi connectivity index (χ1) is 29.5. The zero-order valence-electron chi connectivity index (χ0n) is 33.6. The van der Waals surface area contributed by atoms with Crippen molar-refractivity contribution < 1.29 is 0 Å². The highest BCUT2D eigenvalue weighted by atomic mass is 32.1. The van der Waals surface area contributed by atoms with Gasteiger partial charge in [-0.05, 0) is 123 Å². The molecule has 286 valence electrons. The Hall–Kier alpha value is -7.20. The quantitative estimate of drug-likeness (QED) is 0.151. The third kappa shape index (κ3) is 6.09.